The molecule has 0 atom stereocenters. The topological polar surface area (TPSA) is 55.4 Å². The van der Waals surface area contributed by atoms with Crippen LogP contribution in [0.3, 0.4) is 0 Å². The Labute approximate surface area is 69.0 Å². The Morgan fingerprint density at radius 2 is 2.08 bits per heavy atom. The molecular formula is C7H10F2N2O. The molecule has 68 valence electrons. The Kier molecular flexibility index (Phi) is 4.10. The summed E-state index contributed by atoms with van der Waals surface area (Å²) >= 11 is 0. The zero-order valence-corrected chi connectivity index (χ0v) is 6.84. The molecule has 0 spiro atoms. The van der Waals surface area contributed by atoms with Gasteiger partial charge in [0.2, 0.25) is 0 Å². The van der Waals surface area contributed by atoms with Gasteiger partial charge in [-0.25, -0.2) is 8.78 Å². The molecular weight excluding hydrogens is 166 g/mol. The highest BCUT2D eigenvalue weighted by molar-refractivity contribution is 6.43. The number of hydrogen-bond donors (Lipinski definition) is 1. The SMILES string of the molecule is CN=C(/C=C(\N)C(F)F)C(C)=O. The van der Waals surface area contributed by atoms with Crippen LogP contribution in [-0.4, -0.2) is 25.0 Å². The maximum absolute atomic E-state index is 11.8. The Hall–Kier alpha value is -1.26. The first-order valence-electron chi connectivity index (χ1n) is 3.22. The van der Waals surface area contributed by atoms with E-state index in [1.165, 1.54) is 14.0 Å². The minimum Gasteiger partial charge on any atom is -0.397 e. The number of carbonyl (C=O) groups is 1. The molecule has 0 aliphatic rings. The van der Waals surface area contributed by atoms with E-state index in [0.29, 0.717) is 0 Å². The number of carbonyl (C=O) groups excluding carboxylic acids is 1. The van der Waals surface area contributed by atoms with Crippen LogP contribution >= 0.6 is 0 Å². The molecule has 0 saturated carbocycles. The monoisotopic (exact) mass is 176 g/mol. The van der Waals surface area contributed by atoms with Crippen LogP contribution in [0.25, 0.3) is 0 Å². The standard InChI is InChI=1S/C7H10F2N2O/c1-4(12)6(11-2)3-5(10)7(8)9/h3,7H,10H2,1-2H3/b5-3-,11-6?. The lowest BCUT2D eigenvalue weighted by Crippen LogP contribution is -2.14. The van der Waals surface area contributed by atoms with Crippen LogP contribution in [0.5, 0.6) is 0 Å². The van der Waals surface area contributed by atoms with E-state index < -0.39 is 12.1 Å². The maximum Gasteiger partial charge on any atom is 0.277 e. The van der Waals surface area contributed by atoms with E-state index >= 15 is 0 Å². The highest BCUT2D eigenvalue weighted by atomic mass is 19.3. The molecule has 2 N–H and O–H groups in total. The summed E-state index contributed by atoms with van der Waals surface area (Å²) in [6, 6.07) is 0. The highest BCUT2D eigenvalue weighted by Gasteiger charge is 2.09. The largest absolute Gasteiger partial charge is 0.397 e. The Morgan fingerprint density at radius 3 is 2.33 bits per heavy atom. The van der Waals surface area contributed by atoms with Gasteiger partial charge in [0, 0.05) is 14.0 Å². The van der Waals surface area contributed by atoms with Crippen molar-refractivity contribution in [1.82, 2.24) is 0 Å². The number of aliphatic imine (C=N–C) groups is 1. The van der Waals surface area contributed by atoms with Crippen LogP contribution in [0.2, 0.25) is 0 Å². The minimum absolute atomic E-state index is 0.0483. The molecule has 0 amide bonds. The number of halogens is 2. The number of rotatable bonds is 3. The summed E-state index contributed by atoms with van der Waals surface area (Å²) in [5, 5.41) is 0. The fourth-order valence-electron chi connectivity index (χ4n) is 0.544. The lowest BCUT2D eigenvalue weighted by Gasteiger charge is -1.98. The number of ketones is 1. The second kappa shape index (κ2) is 4.58. The summed E-state index contributed by atoms with van der Waals surface area (Å²) in [5.74, 6) is -0.388. The third-order valence-electron chi connectivity index (χ3n) is 1.16. The van der Waals surface area contributed by atoms with E-state index in [2.05, 4.69) is 4.99 Å². The molecule has 0 aliphatic carbocycles. The third kappa shape index (κ3) is 3.23. The van der Waals surface area contributed by atoms with Gasteiger partial charge in [0.1, 0.15) is 5.71 Å². The molecule has 0 rings (SSSR count). The number of nitrogens with two attached hydrogens (primary N) is 1. The molecule has 0 aliphatic heterocycles. The van der Waals surface area contributed by atoms with Crippen molar-refractivity contribution in [1.29, 1.82) is 0 Å². The molecule has 0 fully saturated rings. The first-order chi connectivity index (χ1) is 5.49. The third-order valence-corrected chi connectivity index (χ3v) is 1.16. The van der Waals surface area contributed by atoms with Crippen LogP contribution in [0.15, 0.2) is 16.8 Å². The Balaban J connectivity index is 4.60. The van der Waals surface area contributed by atoms with Crippen LogP contribution < -0.4 is 5.73 Å². The first-order valence-corrected chi connectivity index (χ1v) is 3.22. The quantitative estimate of drug-likeness (QED) is 0.645. The smallest absolute Gasteiger partial charge is 0.277 e. The number of allylic oxidation sites excluding steroid dienone is 2. The normalized spacial score (nSPS) is 13.8. The molecule has 0 radical (unpaired) electrons. The molecule has 12 heavy (non-hydrogen) atoms. The predicted molar refractivity (Wildman–Crippen MR) is 42.3 cm³/mol. The van der Waals surface area contributed by atoms with Gasteiger partial charge in [0.05, 0.1) is 5.70 Å². The van der Waals surface area contributed by atoms with Crippen molar-refractivity contribution in [2.45, 2.75) is 13.3 Å². The molecule has 0 saturated heterocycles. The second-order valence-corrected chi connectivity index (χ2v) is 2.11. The number of nitrogens with zero attached hydrogens (tertiary/aromatic N) is 1. The van der Waals surface area contributed by atoms with Crippen LogP contribution in [0.1, 0.15) is 6.92 Å². The summed E-state index contributed by atoms with van der Waals surface area (Å²) in [4.78, 5) is 14.1. The fourth-order valence-corrected chi connectivity index (χ4v) is 0.544. The molecule has 0 aromatic heterocycles. The van der Waals surface area contributed by atoms with Gasteiger partial charge in [-0.1, -0.05) is 0 Å². The average Bonchev–Trinajstić information content (AvgIpc) is 1.98. The lowest BCUT2D eigenvalue weighted by atomic mass is 10.2. The molecule has 5 heteroatoms. The molecule has 3 nitrogen and oxygen atoms in total. The zero-order chi connectivity index (χ0) is 9.72. The van der Waals surface area contributed by atoms with Gasteiger partial charge in [-0.15, -0.1) is 0 Å². The maximum atomic E-state index is 11.8. The van der Waals surface area contributed by atoms with E-state index in [4.69, 9.17) is 5.73 Å². The predicted octanol–water partition coefficient (Wildman–Crippen LogP) is 0.754. The average molecular weight is 176 g/mol. The van der Waals surface area contributed by atoms with Crippen LogP contribution in [0.4, 0.5) is 8.78 Å². The highest BCUT2D eigenvalue weighted by Crippen LogP contribution is 2.01. The lowest BCUT2D eigenvalue weighted by molar-refractivity contribution is -0.111. The van der Waals surface area contributed by atoms with E-state index in [1.54, 1.807) is 0 Å². The van der Waals surface area contributed by atoms with Crippen molar-refractivity contribution in [3.05, 3.63) is 11.8 Å². The van der Waals surface area contributed by atoms with Gasteiger partial charge in [0.25, 0.3) is 6.43 Å². The molecule has 0 bridgehead atoms. The van der Waals surface area contributed by atoms with Crippen molar-refractivity contribution in [3.63, 3.8) is 0 Å². The molecule has 0 heterocycles. The van der Waals surface area contributed by atoms with Crippen molar-refractivity contribution in [2.24, 2.45) is 10.7 Å². The van der Waals surface area contributed by atoms with E-state index in [9.17, 15) is 13.6 Å². The first kappa shape index (κ1) is 10.7. The van der Waals surface area contributed by atoms with Gasteiger partial charge in [-0.2, -0.15) is 0 Å². The van der Waals surface area contributed by atoms with Crippen molar-refractivity contribution in [2.75, 3.05) is 7.05 Å². The summed E-state index contributed by atoms with van der Waals surface area (Å²) in [6.45, 7) is 1.23. The number of alkyl halides is 2. The Bertz CT molecular complexity index is 234. The summed E-state index contributed by atoms with van der Waals surface area (Å²) in [6.07, 6.45) is -1.87. The summed E-state index contributed by atoms with van der Waals surface area (Å²) in [7, 11) is 1.34. The van der Waals surface area contributed by atoms with Gasteiger partial charge >= 0.3 is 0 Å². The van der Waals surface area contributed by atoms with Crippen molar-refractivity contribution < 1.29 is 13.6 Å². The minimum atomic E-state index is -2.75. The fraction of sp³-hybridized carbons (Fsp3) is 0.429. The summed E-state index contributed by atoms with van der Waals surface area (Å²) < 4.78 is 23.7. The van der Waals surface area contributed by atoms with Crippen molar-refractivity contribution >= 4 is 11.5 Å². The van der Waals surface area contributed by atoms with Gasteiger partial charge < -0.3 is 5.73 Å². The summed E-state index contributed by atoms with van der Waals surface area (Å²) in [5.41, 5.74) is 4.21. The van der Waals surface area contributed by atoms with Crippen molar-refractivity contribution in [3.8, 4) is 0 Å². The van der Waals surface area contributed by atoms with Crippen LogP contribution in [-0.2, 0) is 4.79 Å². The zero-order valence-electron chi connectivity index (χ0n) is 6.84. The molecule has 0 aromatic carbocycles. The van der Waals surface area contributed by atoms with E-state index in [1.807, 2.05) is 0 Å². The van der Waals surface area contributed by atoms with Gasteiger partial charge in [-0.05, 0) is 6.08 Å². The Morgan fingerprint density at radius 1 is 1.58 bits per heavy atom. The van der Waals surface area contributed by atoms with E-state index in [0.717, 1.165) is 6.08 Å². The molecule has 0 unspecified atom stereocenters. The van der Waals surface area contributed by atoms with Gasteiger partial charge in [0.15, 0.2) is 5.78 Å². The number of Topliss-reactive ketones (excluding diaryl/α,β-unsaturated/α-hetero) is 1. The van der Waals surface area contributed by atoms with Crippen LogP contribution in [0, 0.1) is 0 Å². The second-order valence-electron chi connectivity index (χ2n) is 2.11. The number of hydrogen-bond acceptors (Lipinski definition) is 3. The molecule has 0 aromatic rings. The van der Waals surface area contributed by atoms with E-state index in [-0.39, 0.29) is 11.5 Å². The van der Waals surface area contributed by atoms with Gasteiger partial charge in [-0.3, -0.25) is 9.79 Å².